The van der Waals surface area contributed by atoms with Crippen molar-refractivity contribution in [1.82, 2.24) is 19.8 Å². The molecule has 2 rings (SSSR count). The quantitative estimate of drug-likeness (QED) is 0.802. The number of rotatable bonds is 7. The molecule has 21 heavy (non-hydrogen) atoms. The Bertz CT molecular complexity index is 590. The largest absolute Gasteiger partial charge is 0.309 e. The van der Waals surface area contributed by atoms with Gasteiger partial charge in [-0.3, -0.25) is 5.10 Å². The Labute approximate surface area is 127 Å². The normalized spacial score (nSPS) is 17.7. The van der Waals surface area contributed by atoms with Crippen LogP contribution in [0.2, 0.25) is 0 Å². The molecule has 6 nitrogen and oxygen atoms in total. The number of aromatic amines is 1. The zero-order valence-electron chi connectivity index (χ0n) is 13.5. The van der Waals surface area contributed by atoms with Crippen LogP contribution in [-0.2, 0) is 16.6 Å². The summed E-state index contributed by atoms with van der Waals surface area (Å²) in [6, 6.07) is 0.316. The Balaban J connectivity index is 2.28. The number of nitrogens with one attached hydrogen (secondary N) is 2. The second-order valence-electron chi connectivity index (χ2n) is 6.26. The molecule has 1 aromatic heterocycles. The lowest BCUT2D eigenvalue weighted by Crippen LogP contribution is -2.37. The monoisotopic (exact) mass is 314 g/mol. The molecule has 1 atom stereocenters. The summed E-state index contributed by atoms with van der Waals surface area (Å²) in [6.07, 6.45) is 2.24. The molecule has 0 amide bonds. The summed E-state index contributed by atoms with van der Waals surface area (Å²) in [5.74, 6) is 0.495. The Hall–Kier alpha value is -0.920. The molecule has 0 saturated heterocycles. The first-order chi connectivity index (χ1) is 9.75. The van der Waals surface area contributed by atoms with E-state index in [1.165, 1.54) is 4.31 Å². The number of H-pyrrole nitrogens is 1. The lowest BCUT2D eigenvalue weighted by molar-refractivity contribution is 0.356. The van der Waals surface area contributed by atoms with Crippen LogP contribution in [0.3, 0.4) is 0 Å². The van der Waals surface area contributed by atoms with Gasteiger partial charge in [-0.25, -0.2) is 8.42 Å². The smallest absolute Gasteiger partial charge is 0.246 e. The second-order valence-corrected chi connectivity index (χ2v) is 8.19. The number of aryl methyl sites for hydroxylation is 1. The maximum absolute atomic E-state index is 12.9. The van der Waals surface area contributed by atoms with E-state index in [0.717, 1.165) is 12.8 Å². The van der Waals surface area contributed by atoms with Gasteiger partial charge in [0.1, 0.15) is 4.90 Å². The third-order valence-electron chi connectivity index (χ3n) is 4.15. The van der Waals surface area contributed by atoms with E-state index in [-0.39, 0.29) is 12.1 Å². The van der Waals surface area contributed by atoms with Crippen molar-refractivity contribution in [2.45, 2.75) is 64.1 Å². The lowest BCUT2D eigenvalue weighted by Gasteiger charge is -2.24. The molecule has 1 aromatic rings. The van der Waals surface area contributed by atoms with E-state index in [1.807, 2.05) is 20.8 Å². The van der Waals surface area contributed by atoms with E-state index in [2.05, 4.69) is 15.5 Å². The van der Waals surface area contributed by atoms with Crippen LogP contribution in [0.5, 0.6) is 0 Å². The van der Waals surface area contributed by atoms with Crippen LogP contribution < -0.4 is 5.32 Å². The first-order valence-electron chi connectivity index (χ1n) is 7.50. The summed E-state index contributed by atoms with van der Waals surface area (Å²) < 4.78 is 27.3. The third-order valence-corrected chi connectivity index (χ3v) is 6.30. The van der Waals surface area contributed by atoms with Crippen molar-refractivity contribution in [3.63, 3.8) is 0 Å². The molecule has 0 aromatic carbocycles. The van der Waals surface area contributed by atoms with Crippen molar-refractivity contribution in [1.29, 1.82) is 0 Å². The number of sulfonamides is 1. The molecule has 0 spiro atoms. The van der Waals surface area contributed by atoms with E-state index < -0.39 is 10.0 Å². The number of nitrogens with zero attached hydrogens (tertiary/aromatic N) is 2. The fourth-order valence-corrected chi connectivity index (χ4v) is 4.22. The fourth-order valence-electron chi connectivity index (χ4n) is 2.47. The van der Waals surface area contributed by atoms with Crippen LogP contribution in [0.25, 0.3) is 0 Å². The van der Waals surface area contributed by atoms with Crippen LogP contribution in [0.15, 0.2) is 4.90 Å². The predicted molar refractivity (Wildman–Crippen MR) is 82.4 cm³/mol. The van der Waals surface area contributed by atoms with E-state index in [4.69, 9.17) is 0 Å². The lowest BCUT2D eigenvalue weighted by atomic mass is 10.2. The van der Waals surface area contributed by atoms with Gasteiger partial charge in [-0.05, 0) is 32.6 Å². The molecule has 1 fully saturated rings. The second kappa shape index (κ2) is 6.06. The minimum atomic E-state index is -3.51. The van der Waals surface area contributed by atoms with E-state index in [1.54, 1.807) is 14.0 Å². The summed E-state index contributed by atoms with van der Waals surface area (Å²) in [5.41, 5.74) is 1.17. The molecule has 1 aliphatic carbocycles. The topological polar surface area (TPSA) is 78.1 Å². The Kier molecular flexibility index (Phi) is 4.75. The van der Waals surface area contributed by atoms with E-state index in [0.29, 0.717) is 28.7 Å². The predicted octanol–water partition coefficient (Wildman–Crippen LogP) is 1.64. The number of aromatic nitrogens is 2. The molecule has 0 radical (unpaired) electrons. The van der Waals surface area contributed by atoms with Crippen molar-refractivity contribution in [2.75, 3.05) is 7.05 Å². The van der Waals surface area contributed by atoms with E-state index in [9.17, 15) is 8.42 Å². The van der Waals surface area contributed by atoms with E-state index >= 15 is 0 Å². The average molecular weight is 314 g/mol. The van der Waals surface area contributed by atoms with Gasteiger partial charge in [-0.2, -0.15) is 9.40 Å². The first kappa shape index (κ1) is 16.5. The highest BCUT2D eigenvalue weighted by Gasteiger charge is 2.38. The third kappa shape index (κ3) is 3.46. The highest BCUT2D eigenvalue weighted by Crippen LogP contribution is 2.37. The molecule has 1 saturated carbocycles. The Morgan fingerprint density at radius 3 is 2.52 bits per heavy atom. The van der Waals surface area contributed by atoms with Gasteiger partial charge in [0.25, 0.3) is 0 Å². The Morgan fingerprint density at radius 1 is 1.38 bits per heavy atom. The Morgan fingerprint density at radius 2 is 2.00 bits per heavy atom. The minimum absolute atomic E-state index is 0.0372. The fraction of sp³-hybridized carbons (Fsp3) is 0.786. The number of hydrogen-bond donors (Lipinski definition) is 2. The molecule has 7 heteroatoms. The van der Waals surface area contributed by atoms with Crippen LogP contribution >= 0.6 is 0 Å². The van der Waals surface area contributed by atoms with Gasteiger partial charge in [0.15, 0.2) is 0 Å². The molecule has 1 aliphatic rings. The van der Waals surface area contributed by atoms with Gasteiger partial charge in [0.05, 0.1) is 11.4 Å². The van der Waals surface area contributed by atoms with Crippen LogP contribution in [-0.4, -0.2) is 42.1 Å². The van der Waals surface area contributed by atoms with Crippen molar-refractivity contribution < 1.29 is 8.42 Å². The summed E-state index contributed by atoms with van der Waals surface area (Å²) in [7, 11) is -1.84. The molecular weight excluding hydrogens is 288 g/mol. The van der Waals surface area contributed by atoms with Gasteiger partial charge in [0.2, 0.25) is 10.0 Å². The highest BCUT2D eigenvalue weighted by atomic mass is 32.2. The maximum atomic E-state index is 12.9. The molecule has 0 aliphatic heterocycles. The standard InChI is InChI=1S/C14H26N4O2S/c1-9(2)15-8-13-14(10(3)16-17-13)21(19,20)18(5)11(4)12-6-7-12/h9,11-12,15H,6-8H2,1-5H3,(H,16,17). The minimum Gasteiger partial charge on any atom is -0.309 e. The van der Waals surface area contributed by atoms with Gasteiger partial charge < -0.3 is 5.32 Å². The van der Waals surface area contributed by atoms with Crippen molar-refractivity contribution >= 4 is 10.0 Å². The van der Waals surface area contributed by atoms with Gasteiger partial charge in [-0.1, -0.05) is 13.8 Å². The van der Waals surface area contributed by atoms with Gasteiger partial charge >= 0.3 is 0 Å². The molecule has 1 unspecified atom stereocenters. The molecular formula is C14H26N4O2S. The highest BCUT2D eigenvalue weighted by molar-refractivity contribution is 7.89. The van der Waals surface area contributed by atoms with Crippen LogP contribution in [0.4, 0.5) is 0 Å². The maximum Gasteiger partial charge on any atom is 0.246 e. The molecule has 120 valence electrons. The van der Waals surface area contributed by atoms with Crippen LogP contribution in [0.1, 0.15) is 45.0 Å². The van der Waals surface area contributed by atoms with Gasteiger partial charge in [-0.15, -0.1) is 0 Å². The van der Waals surface area contributed by atoms with Crippen LogP contribution in [0, 0.1) is 12.8 Å². The summed E-state index contributed by atoms with van der Waals surface area (Å²) in [5, 5.41) is 10.2. The zero-order chi connectivity index (χ0) is 15.8. The summed E-state index contributed by atoms with van der Waals surface area (Å²) >= 11 is 0. The molecule has 2 N–H and O–H groups in total. The molecule has 0 bridgehead atoms. The zero-order valence-corrected chi connectivity index (χ0v) is 14.3. The average Bonchev–Trinajstić information content (AvgIpc) is 3.18. The first-order valence-corrected chi connectivity index (χ1v) is 8.94. The summed E-state index contributed by atoms with van der Waals surface area (Å²) in [6.45, 7) is 8.23. The SMILES string of the molecule is Cc1[nH]nc(CNC(C)C)c1S(=O)(=O)N(C)C(C)C1CC1. The molecule has 1 heterocycles. The van der Waals surface area contributed by atoms with Gasteiger partial charge in [0, 0.05) is 25.7 Å². The number of hydrogen-bond acceptors (Lipinski definition) is 4. The van der Waals surface area contributed by atoms with Crippen molar-refractivity contribution in [3.05, 3.63) is 11.4 Å². The van der Waals surface area contributed by atoms with Crippen molar-refractivity contribution in [3.8, 4) is 0 Å². The summed E-state index contributed by atoms with van der Waals surface area (Å²) in [4.78, 5) is 0.325. The van der Waals surface area contributed by atoms with Crippen molar-refractivity contribution in [2.24, 2.45) is 5.92 Å².